The molecular formula is C22H25ClN2O5S. The Balaban J connectivity index is 1.97. The van der Waals surface area contributed by atoms with Crippen molar-refractivity contribution >= 4 is 38.2 Å². The molecule has 3 aromatic rings. The van der Waals surface area contributed by atoms with E-state index in [2.05, 4.69) is 0 Å². The van der Waals surface area contributed by atoms with E-state index in [-0.39, 0.29) is 22.2 Å². The molecule has 2 aromatic carbocycles. The number of amides is 1. The number of ether oxygens (including phenoxy) is 2. The Kier molecular flexibility index (Phi) is 7.72. The van der Waals surface area contributed by atoms with E-state index in [1.54, 1.807) is 54.0 Å². The van der Waals surface area contributed by atoms with Gasteiger partial charge in [-0.1, -0.05) is 29.8 Å². The lowest BCUT2D eigenvalue weighted by Crippen LogP contribution is -2.38. The van der Waals surface area contributed by atoms with Crippen molar-refractivity contribution in [3.05, 3.63) is 59.8 Å². The summed E-state index contributed by atoms with van der Waals surface area (Å²) in [6.45, 7) is 1.65. The Labute approximate surface area is 187 Å². The zero-order chi connectivity index (χ0) is 22.4. The highest BCUT2D eigenvalue weighted by Gasteiger charge is 2.24. The van der Waals surface area contributed by atoms with Gasteiger partial charge in [-0.05, 0) is 30.3 Å². The van der Waals surface area contributed by atoms with Gasteiger partial charge < -0.3 is 18.9 Å². The largest absolute Gasteiger partial charge is 0.383 e. The van der Waals surface area contributed by atoms with E-state index in [4.69, 9.17) is 21.1 Å². The summed E-state index contributed by atoms with van der Waals surface area (Å²) in [6, 6.07) is 13.2. The second-order valence-electron chi connectivity index (χ2n) is 6.96. The van der Waals surface area contributed by atoms with Gasteiger partial charge in [-0.25, -0.2) is 8.42 Å². The fourth-order valence-corrected chi connectivity index (χ4v) is 4.91. The van der Waals surface area contributed by atoms with Crippen molar-refractivity contribution in [3.8, 4) is 0 Å². The first kappa shape index (κ1) is 23.3. The monoisotopic (exact) mass is 464 g/mol. The first-order chi connectivity index (χ1) is 14.9. The van der Waals surface area contributed by atoms with E-state index >= 15 is 0 Å². The van der Waals surface area contributed by atoms with Gasteiger partial charge in [0, 0.05) is 49.4 Å². The lowest BCUT2D eigenvalue weighted by Gasteiger charge is -2.22. The summed E-state index contributed by atoms with van der Waals surface area (Å²) in [4.78, 5) is 14.9. The Hall–Kier alpha value is -2.39. The van der Waals surface area contributed by atoms with Crippen molar-refractivity contribution < 1.29 is 22.7 Å². The zero-order valence-electron chi connectivity index (χ0n) is 17.5. The van der Waals surface area contributed by atoms with E-state index < -0.39 is 9.84 Å². The SMILES string of the molecule is COCCN(CCOC)C(=O)Cn1cc(S(=O)(=O)c2ccc(Cl)cc2)c2ccccc21. The minimum Gasteiger partial charge on any atom is -0.383 e. The van der Waals surface area contributed by atoms with Crippen LogP contribution >= 0.6 is 11.6 Å². The van der Waals surface area contributed by atoms with Crippen molar-refractivity contribution in [2.24, 2.45) is 0 Å². The summed E-state index contributed by atoms with van der Waals surface area (Å²) in [6.07, 6.45) is 1.53. The Morgan fingerprint density at radius 3 is 2.23 bits per heavy atom. The maximum atomic E-state index is 13.3. The molecule has 31 heavy (non-hydrogen) atoms. The minimum absolute atomic E-state index is 0.00405. The van der Waals surface area contributed by atoms with Crippen molar-refractivity contribution in [3.63, 3.8) is 0 Å². The number of benzene rings is 2. The first-order valence-electron chi connectivity index (χ1n) is 9.72. The predicted octanol–water partition coefficient (Wildman–Crippen LogP) is 3.25. The van der Waals surface area contributed by atoms with Gasteiger partial charge in [0.2, 0.25) is 15.7 Å². The molecule has 0 aliphatic heterocycles. The van der Waals surface area contributed by atoms with Crippen LogP contribution in [0.15, 0.2) is 64.5 Å². The number of methoxy groups -OCH3 is 2. The number of carbonyl (C=O) groups is 1. The standard InChI is InChI=1S/C22H25ClN2O5S/c1-29-13-11-24(12-14-30-2)22(26)16-25-15-21(19-5-3-4-6-20(19)25)31(27,28)18-9-7-17(23)8-10-18/h3-10,15H,11-14,16H2,1-2H3. The molecule has 0 spiro atoms. The van der Waals surface area contributed by atoms with Gasteiger partial charge in [-0.2, -0.15) is 0 Å². The van der Waals surface area contributed by atoms with Crippen molar-refractivity contribution in [1.82, 2.24) is 9.47 Å². The van der Waals surface area contributed by atoms with Crippen molar-refractivity contribution in [2.75, 3.05) is 40.5 Å². The molecule has 1 heterocycles. The van der Waals surface area contributed by atoms with Crippen LogP contribution in [0.1, 0.15) is 0 Å². The minimum atomic E-state index is -3.79. The first-order valence-corrected chi connectivity index (χ1v) is 11.6. The molecule has 0 saturated carbocycles. The van der Waals surface area contributed by atoms with Crippen LogP contribution in [0.5, 0.6) is 0 Å². The molecule has 0 fully saturated rings. The van der Waals surface area contributed by atoms with E-state index in [1.165, 1.54) is 18.3 Å². The van der Waals surface area contributed by atoms with Crippen LogP contribution in [0.25, 0.3) is 10.9 Å². The highest BCUT2D eigenvalue weighted by molar-refractivity contribution is 7.91. The molecule has 1 amide bonds. The lowest BCUT2D eigenvalue weighted by molar-refractivity contribution is -0.133. The third-order valence-corrected chi connectivity index (χ3v) is 7.00. The Morgan fingerprint density at radius 2 is 1.61 bits per heavy atom. The number of hydrogen-bond donors (Lipinski definition) is 0. The van der Waals surface area contributed by atoms with E-state index in [0.717, 1.165) is 0 Å². The van der Waals surface area contributed by atoms with Gasteiger partial charge in [-0.3, -0.25) is 4.79 Å². The maximum Gasteiger partial charge on any atom is 0.242 e. The molecule has 0 aliphatic rings. The second-order valence-corrected chi connectivity index (χ2v) is 9.32. The summed E-state index contributed by atoms with van der Waals surface area (Å²) in [5, 5.41) is 1.02. The quantitative estimate of drug-likeness (QED) is 0.460. The highest BCUT2D eigenvalue weighted by atomic mass is 35.5. The molecule has 3 rings (SSSR count). The van der Waals surface area contributed by atoms with Crippen LogP contribution < -0.4 is 0 Å². The number of halogens is 1. The van der Waals surface area contributed by atoms with E-state index in [1.807, 2.05) is 6.07 Å². The topological polar surface area (TPSA) is 77.8 Å². The number of fused-ring (bicyclic) bond motifs is 1. The fraction of sp³-hybridized carbons (Fsp3) is 0.318. The van der Waals surface area contributed by atoms with Crippen LogP contribution in [0.4, 0.5) is 0 Å². The van der Waals surface area contributed by atoms with Gasteiger partial charge in [0.1, 0.15) is 6.54 Å². The summed E-state index contributed by atoms with van der Waals surface area (Å²) in [7, 11) is -0.639. The molecule has 0 bridgehead atoms. The Bertz CT molecular complexity index is 1130. The smallest absolute Gasteiger partial charge is 0.242 e. The third-order valence-electron chi connectivity index (χ3n) is 4.95. The van der Waals surface area contributed by atoms with Gasteiger partial charge in [0.25, 0.3) is 0 Å². The van der Waals surface area contributed by atoms with Gasteiger partial charge in [-0.15, -0.1) is 0 Å². The molecule has 166 valence electrons. The number of nitrogens with zero attached hydrogens (tertiary/aromatic N) is 2. The number of sulfone groups is 1. The van der Waals surface area contributed by atoms with E-state index in [9.17, 15) is 13.2 Å². The van der Waals surface area contributed by atoms with Crippen LogP contribution in [-0.2, 0) is 30.7 Å². The van der Waals surface area contributed by atoms with Gasteiger partial charge in [0.05, 0.1) is 23.0 Å². The predicted molar refractivity (Wildman–Crippen MR) is 119 cm³/mol. The van der Waals surface area contributed by atoms with Gasteiger partial charge in [0.15, 0.2) is 0 Å². The Morgan fingerprint density at radius 1 is 1.00 bits per heavy atom. The number of rotatable bonds is 10. The lowest BCUT2D eigenvalue weighted by atomic mass is 10.2. The normalized spacial score (nSPS) is 11.7. The van der Waals surface area contributed by atoms with Crippen LogP contribution in [0.3, 0.4) is 0 Å². The van der Waals surface area contributed by atoms with Crippen molar-refractivity contribution in [2.45, 2.75) is 16.3 Å². The average molecular weight is 465 g/mol. The molecule has 0 N–H and O–H groups in total. The molecule has 0 saturated heterocycles. The van der Waals surface area contributed by atoms with Crippen LogP contribution in [0.2, 0.25) is 5.02 Å². The number of aromatic nitrogens is 1. The van der Waals surface area contributed by atoms with Crippen LogP contribution in [-0.4, -0.2) is 64.3 Å². The fourth-order valence-electron chi connectivity index (χ4n) is 3.31. The summed E-state index contributed by atoms with van der Waals surface area (Å²) < 4.78 is 38.5. The molecule has 7 nitrogen and oxygen atoms in total. The third kappa shape index (κ3) is 5.27. The molecule has 9 heteroatoms. The summed E-state index contributed by atoms with van der Waals surface area (Å²) >= 11 is 5.91. The van der Waals surface area contributed by atoms with Gasteiger partial charge >= 0.3 is 0 Å². The number of para-hydroxylation sites is 1. The molecule has 0 unspecified atom stereocenters. The maximum absolute atomic E-state index is 13.3. The van der Waals surface area contributed by atoms with Crippen LogP contribution in [0, 0.1) is 0 Å². The average Bonchev–Trinajstić information content (AvgIpc) is 3.13. The molecule has 1 aromatic heterocycles. The molecule has 0 atom stereocenters. The zero-order valence-corrected chi connectivity index (χ0v) is 19.0. The number of hydrogen-bond acceptors (Lipinski definition) is 5. The summed E-state index contributed by atoms with van der Waals surface area (Å²) in [5.74, 6) is -0.148. The second kappa shape index (κ2) is 10.3. The molecule has 0 aliphatic carbocycles. The molecule has 0 radical (unpaired) electrons. The summed E-state index contributed by atoms with van der Waals surface area (Å²) in [5.41, 5.74) is 0.668. The highest BCUT2D eigenvalue weighted by Crippen LogP contribution is 2.30. The number of carbonyl (C=O) groups excluding carboxylic acids is 1. The molecular weight excluding hydrogens is 440 g/mol. The van der Waals surface area contributed by atoms with Crippen molar-refractivity contribution in [1.29, 1.82) is 0 Å². The van der Waals surface area contributed by atoms with E-state index in [0.29, 0.717) is 42.2 Å².